The Morgan fingerprint density at radius 1 is 1.03 bits per heavy atom. The second kappa shape index (κ2) is 10.3. The van der Waals surface area contributed by atoms with E-state index < -0.39 is 27.4 Å². The van der Waals surface area contributed by atoms with Crippen LogP contribution in [0.4, 0.5) is 23.5 Å². The van der Waals surface area contributed by atoms with Crippen LogP contribution >= 0.6 is 0 Å². The van der Waals surface area contributed by atoms with Gasteiger partial charge in [0.2, 0.25) is 5.95 Å². The van der Waals surface area contributed by atoms with Gasteiger partial charge in [-0.15, -0.1) is 0 Å². The molecule has 35 heavy (non-hydrogen) atoms. The van der Waals surface area contributed by atoms with Crippen molar-refractivity contribution in [1.82, 2.24) is 14.9 Å². The lowest BCUT2D eigenvalue weighted by atomic mass is 9.85. The van der Waals surface area contributed by atoms with Crippen molar-refractivity contribution in [3.05, 3.63) is 42.0 Å². The molecule has 0 amide bonds. The number of aromatic nitrogens is 2. The Labute approximate surface area is 202 Å². The molecular weight excluding hydrogens is 488 g/mol. The van der Waals surface area contributed by atoms with Crippen LogP contribution in [0.15, 0.2) is 35.5 Å². The van der Waals surface area contributed by atoms with E-state index in [1.54, 1.807) is 0 Å². The Bertz CT molecular complexity index is 1110. The fourth-order valence-corrected chi connectivity index (χ4v) is 5.26. The van der Waals surface area contributed by atoms with Crippen LogP contribution in [-0.2, 0) is 16.0 Å². The molecule has 0 atom stereocenters. The molecule has 12 heteroatoms. The van der Waals surface area contributed by atoms with Crippen LogP contribution in [0.5, 0.6) is 5.75 Å². The predicted molar refractivity (Wildman–Crippen MR) is 122 cm³/mol. The number of benzene rings is 1. The predicted octanol–water partition coefficient (Wildman–Crippen LogP) is 3.80. The van der Waals surface area contributed by atoms with E-state index in [4.69, 9.17) is 4.74 Å². The van der Waals surface area contributed by atoms with Crippen molar-refractivity contribution in [3.8, 4) is 5.75 Å². The van der Waals surface area contributed by atoms with Gasteiger partial charge in [-0.2, -0.15) is 13.2 Å². The average molecular weight is 517 g/mol. The second-order valence-corrected chi connectivity index (χ2v) is 11.2. The first-order valence-corrected chi connectivity index (χ1v) is 13.4. The normalized spacial score (nSPS) is 22.3. The van der Waals surface area contributed by atoms with Crippen molar-refractivity contribution in [2.45, 2.75) is 42.8 Å². The molecule has 0 N–H and O–H groups in total. The van der Waals surface area contributed by atoms with Gasteiger partial charge in [-0.1, -0.05) is 0 Å². The minimum absolute atomic E-state index is 0.0566. The summed E-state index contributed by atoms with van der Waals surface area (Å²) in [7, 11) is -3.47. The van der Waals surface area contributed by atoms with Crippen molar-refractivity contribution in [2.75, 3.05) is 43.9 Å². The number of halogens is 4. The van der Waals surface area contributed by atoms with Crippen molar-refractivity contribution in [1.29, 1.82) is 0 Å². The standard InChI is InChI=1S/C23H28F4N4O3S/c1-35(32,33)19-6-7-21(20(24)12-19)34-15-16-2-4-18(5-3-16)30-8-10-31(11-9-30)22-28-13-17(14-29-22)23(25,26)27/h6-7,12-14,16,18H,2-5,8-11,15H2,1H3/t16-,18-. The summed E-state index contributed by atoms with van der Waals surface area (Å²) in [5, 5.41) is 0. The molecule has 7 nitrogen and oxygen atoms in total. The number of nitrogens with zero attached hydrogens (tertiary/aromatic N) is 4. The smallest absolute Gasteiger partial charge is 0.419 e. The van der Waals surface area contributed by atoms with E-state index in [9.17, 15) is 26.0 Å². The van der Waals surface area contributed by atoms with Crippen molar-refractivity contribution in [2.24, 2.45) is 5.92 Å². The molecule has 0 spiro atoms. The summed E-state index contributed by atoms with van der Waals surface area (Å²) in [5.41, 5.74) is -0.853. The van der Waals surface area contributed by atoms with Gasteiger partial charge in [0.25, 0.3) is 0 Å². The van der Waals surface area contributed by atoms with Gasteiger partial charge >= 0.3 is 6.18 Å². The van der Waals surface area contributed by atoms with Crippen LogP contribution in [0.3, 0.4) is 0 Å². The molecule has 2 fully saturated rings. The molecule has 2 aliphatic rings. The highest BCUT2D eigenvalue weighted by molar-refractivity contribution is 7.90. The first kappa shape index (κ1) is 25.6. The maximum absolute atomic E-state index is 14.2. The van der Waals surface area contributed by atoms with E-state index in [-0.39, 0.29) is 10.6 Å². The molecule has 1 saturated carbocycles. The molecular formula is C23H28F4N4O3S. The van der Waals surface area contributed by atoms with Gasteiger partial charge < -0.3 is 9.64 Å². The minimum Gasteiger partial charge on any atom is -0.490 e. The third kappa shape index (κ3) is 6.40. The number of sulfone groups is 1. The summed E-state index contributed by atoms with van der Waals surface area (Å²) >= 11 is 0. The zero-order chi connectivity index (χ0) is 25.2. The van der Waals surface area contributed by atoms with Gasteiger partial charge in [-0.25, -0.2) is 22.8 Å². The summed E-state index contributed by atoms with van der Waals surface area (Å²) < 4.78 is 81.1. The Morgan fingerprint density at radius 2 is 1.66 bits per heavy atom. The number of anilines is 1. The third-order valence-corrected chi connectivity index (χ3v) is 7.81. The van der Waals surface area contributed by atoms with E-state index >= 15 is 0 Å². The van der Waals surface area contributed by atoms with E-state index in [0.29, 0.717) is 37.6 Å². The molecule has 1 aliphatic carbocycles. The van der Waals surface area contributed by atoms with Gasteiger partial charge in [-0.05, 0) is 49.8 Å². The zero-order valence-electron chi connectivity index (χ0n) is 19.3. The number of hydrogen-bond acceptors (Lipinski definition) is 7. The van der Waals surface area contributed by atoms with Crippen LogP contribution in [0.2, 0.25) is 0 Å². The van der Waals surface area contributed by atoms with Crippen LogP contribution < -0.4 is 9.64 Å². The largest absolute Gasteiger partial charge is 0.490 e. The van der Waals surface area contributed by atoms with Crippen molar-refractivity contribution < 1.29 is 30.7 Å². The lowest BCUT2D eigenvalue weighted by molar-refractivity contribution is -0.138. The maximum atomic E-state index is 14.2. The summed E-state index contributed by atoms with van der Waals surface area (Å²) in [4.78, 5) is 12.0. The number of hydrogen-bond donors (Lipinski definition) is 0. The van der Waals surface area contributed by atoms with E-state index in [1.165, 1.54) is 12.1 Å². The molecule has 1 aromatic heterocycles. The summed E-state index contributed by atoms with van der Waals surface area (Å²) in [6.45, 7) is 3.25. The fourth-order valence-electron chi connectivity index (χ4n) is 4.63. The number of rotatable bonds is 6. The molecule has 192 valence electrons. The van der Waals surface area contributed by atoms with E-state index in [1.807, 2.05) is 4.90 Å². The number of ether oxygens (including phenoxy) is 1. The number of alkyl halides is 3. The highest BCUT2D eigenvalue weighted by Crippen LogP contribution is 2.31. The van der Waals surface area contributed by atoms with E-state index in [0.717, 1.165) is 63.5 Å². The van der Waals surface area contributed by atoms with Gasteiger partial charge in [0.15, 0.2) is 21.4 Å². The quantitative estimate of drug-likeness (QED) is 0.541. The molecule has 4 rings (SSSR count). The molecule has 1 aliphatic heterocycles. The molecule has 1 aromatic carbocycles. The third-order valence-electron chi connectivity index (χ3n) is 6.70. The van der Waals surface area contributed by atoms with Crippen LogP contribution in [-0.4, -0.2) is 68.4 Å². The Morgan fingerprint density at radius 3 is 2.20 bits per heavy atom. The van der Waals surface area contributed by atoms with Crippen LogP contribution in [0, 0.1) is 11.7 Å². The highest BCUT2D eigenvalue weighted by atomic mass is 32.2. The van der Waals surface area contributed by atoms with Gasteiger partial charge in [-0.3, -0.25) is 4.90 Å². The first-order valence-electron chi connectivity index (χ1n) is 11.5. The first-order chi connectivity index (χ1) is 16.5. The van der Waals surface area contributed by atoms with Gasteiger partial charge in [0, 0.05) is 50.9 Å². The van der Waals surface area contributed by atoms with Gasteiger partial charge in [0.05, 0.1) is 17.1 Å². The van der Waals surface area contributed by atoms with Crippen LogP contribution in [0.1, 0.15) is 31.2 Å². The van der Waals surface area contributed by atoms with E-state index in [2.05, 4.69) is 14.9 Å². The summed E-state index contributed by atoms with van der Waals surface area (Å²) in [5.74, 6) is -0.0185. The highest BCUT2D eigenvalue weighted by Gasteiger charge is 2.32. The topological polar surface area (TPSA) is 75.6 Å². The summed E-state index contributed by atoms with van der Waals surface area (Å²) in [6, 6.07) is 4.11. The molecule has 0 radical (unpaired) electrons. The fraction of sp³-hybridized carbons (Fsp3) is 0.565. The van der Waals surface area contributed by atoms with Crippen LogP contribution in [0.25, 0.3) is 0 Å². The molecule has 2 aromatic rings. The number of piperazine rings is 1. The molecule has 0 unspecified atom stereocenters. The lowest BCUT2D eigenvalue weighted by Crippen LogP contribution is -2.51. The maximum Gasteiger partial charge on any atom is 0.419 e. The Hall–Kier alpha value is -2.47. The Kier molecular flexibility index (Phi) is 7.51. The Balaban J connectivity index is 1.21. The monoisotopic (exact) mass is 516 g/mol. The van der Waals surface area contributed by atoms with Gasteiger partial charge in [0.1, 0.15) is 0 Å². The second-order valence-electron chi connectivity index (χ2n) is 9.14. The minimum atomic E-state index is -4.45. The molecule has 0 bridgehead atoms. The SMILES string of the molecule is CS(=O)(=O)c1ccc(OC[C@H]2CC[C@H](N3CCN(c4ncc(C(F)(F)F)cn4)CC3)CC2)c(F)c1. The lowest BCUT2D eigenvalue weighted by Gasteiger charge is -2.42. The molecule has 1 saturated heterocycles. The average Bonchev–Trinajstić information content (AvgIpc) is 2.83. The molecule has 2 heterocycles. The van der Waals surface area contributed by atoms with Crippen molar-refractivity contribution >= 4 is 15.8 Å². The zero-order valence-corrected chi connectivity index (χ0v) is 20.2. The van der Waals surface area contributed by atoms with Crippen molar-refractivity contribution in [3.63, 3.8) is 0 Å². The summed E-state index contributed by atoms with van der Waals surface area (Å²) in [6.07, 6.45) is 2.09.